The topological polar surface area (TPSA) is 46.1 Å². The second kappa shape index (κ2) is 10.9. The summed E-state index contributed by atoms with van der Waals surface area (Å²) >= 11 is 0. The fourth-order valence-corrected chi connectivity index (χ4v) is 1.90. The maximum Gasteiger partial charge on any atom is 0.193 e. The molecule has 0 spiro atoms. The molecule has 1 aromatic carbocycles. The Hall–Kier alpha value is -1.75. The second-order valence-corrected chi connectivity index (χ2v) is 5.33. The number of benzene rings is 1. The number of hydrogen-bond acceptors (Lipinski definition) is 3. The minimum atomic E-state index is 0.289. The number of likely N-dealkylation sites (N-methyl/N-ethyl adjacent to an activating group) is 1. The van der Waals surface area contributed by atoms with E-state index in [2.05, 4.69) is 15.2 Å². The lowest BCUT2D eigenvalue weighted by atomic mass is 10.3. The van der Waals surface area contributed by atoms with Crippen LogP contribution >= 0.6 is 0 Å². The van der Waals surface area contributed by atoms with Gasteiger partial charge in [-0.3, -0.25) is 4.99 Å². The molecule has 5 nitrogen and oxygen atoms in total. The second-order valence-electron chi connectivity index (χ2n) is 5.33. The Morgan fingerprint density at radius 1 is 1.23 bits per heavy atom. The van der Waals surface area contributed by atoms with Crippen LogP contribution in [0.2, 0.25) is 0 Å². The molecular formula is C17H29N3O2. The molecule has 0 heterocycles. The van der Waals surface area contributed by atoms with Gasteiger partial charge in [-0.2, -0.15) is 0 Å². The lowest BCUT2D eigenvalue weighted by Crippen LogP contribution is -2.41. The van der Waals surface area contributed by atoms with Crippen molar-refractivity contribution in [2.24, 2.45) is 4.99 Å². The first kappa shape index (κ1) is 18.3. The lowest BCUT2D eigenvalue weighted by molar-refractivity contribution is 0.0776. The van der Waals surface area contributed by atoms with E-state index in [-0.39, 0.29) is 6.10 Å². The van der Waals surface area contributed by atoms with Crippen molar-refractivity contribution in [2.45, 2.75) is 26.4 Å². The van der Waals surface area contributed by atoms with Crippen molar-refractivity contribution in [2.75, 3.05) is 40.4 Å². The minimum Gasteiger partial charge on any atom is -0.492 e. The Kier molecular flexibility index (Phi) is 9.07. The summed E-state index contributed by atoms with van der Waals surface area (Å²) in [5, 5.41) is 3.33. The van der Waals surface area contributed by atoms with E-state index in [0.717, 1.165) is 37.8 Å². The summed E-state index contributed by atoms with van der Waals surface area (Å²) in [6, 6.07) is 9.84. The molecule has 5 heteroatoms. The zero-order chi connectivity index (χ0) is 16.2. The van der Waals surface area contributed by atoms with Gasteiger partial charge < -0.3 is 19.7 Å². The quantitative estimate of drug-likeness (QED) is 0.432. The van der Waals surface area contributed by atoms with Gasteiger partial charge in [0.2, 0.25) is 0 Å². The van der Waals surface area contributed by atoms with Crippen molar-refractivity contribution >= 4 is 5.96 Å². The molecule has 124 valence electrons. The van der Waals surface area contributed by atoms with Crippen LogP contribution in [0.1, 0.15) is 20.3 Å². The number of hydrogen-bond donors (Lipinski definition) is 1. The molecule has 22 heavy (non-hydrogen) atoms. The van der Waals surface area contributed by atoms with Crippen molar-refractivity contribution in [3.05, 3.63) is 30.3 Å². The zero-order valence-electron chi connectivity index (χ0n) is 14.2. The molecule has 0 aliphatic heterocycles. The van der Waals surface area contributed by atoms with E-state index in [1.807, 2.05) is 51.2 Å². The maximum atomic E-state index is 5.70. The molecule has 0 aliphatic rings. The molecule has 0 atom stereocenters. The van der Waals surface area contributed by atoms with E-state index >= 15 is 0 Å². The van der Waals surface area contributed by atoms with Gasteiger partial charge in [0.25, 0.3) is 0 Å². The monoisotopic (exact) mass is 307 g/mol. The van der Waals surface area contributed by atoms with Gasteiger partial charge in [-0.1, -0.05) is 18.2 Å². The summed E-state index contributed by atoms with van der Waals surface area (Å²) in [4.78, 5) is 6.34. The highest BCUT2D eigenvalue weighted by Gasteiger charge is 2.05. The van der Waals surface area contributed by atoms with Gasteiger partial charge in [-0.05, 0) is 32.4 Å². The Bertz CT molecular complexity index is 421. The molecule has 0 aliphatic carbocycles. The summed E-state index contributed by atoms with van der Waals surface area (Å²) in [7, 11) is 3.80. The third-order valence-electron chi connectivity index (χ3n) is 3.07. The van der Waals surface area contributed by atoms with Gasteiger partial charge in [0.05, 0.1) is 12.6 Å². The number of ether oxygens (including phenoxy) is 2. The predicted molar refractivity (Wildman–Crippen MR) is 91.6 cm³/mol. The van der Waals surface area contributed by atoms with Gasteiger partial charge in [-0.25, -0.2) is 0 Å². The molecule has 1 rings (SSSR count). The lowest BCUT2D eigenvalue weighted by Gasteiger charge is -2.22. The van der Waals surface area contributed by atoms with Gasteiger partial charge in [-0.15, -0.1) is 0 Å². The third kappa shape index (κ3) is 7.88. The highest BCUT2D eigenvalue weighted by molar-refractivity contribution is 5.79. The van der Waals surface area contributed by atoms with Crippen LogP contribution in [0.5, 0.6) is 5.75 Å². The van der Waals surface area contributed by atoms with E-state index in [0.29, 0.717) is 6.61 Å². The first-order chi connectivity index (χ1) is 10.6. The Morgan fingerprint density at radius 2 is 1.95 bits per heavy atom. The normalized spacial score (nSPS) is 11.6. The van der Waals surface area contributed by atoms with Crippen LogP contribution in [0.3, 0.4) is 0 Å². The van der Waals surface area contributed by atoms with Crippen LogP contribution in [0.15, 0.2) is 35.3 Å². The molecule has 0 fully saturated rings. The number of nitrogens with zero attached hydrogens (tertiary/aromatic N) is 2. The number of nitrogens with one attached hydrogen (secondary N) is 1. The van der Waals surface area contributed by atoms with Gasteiger partial charge in [0, 0.05) is 27.2 Å². The number of para-hydroxylation sites is 1. The highest BCUT2D eigenvalue weighted by atomic mass is 16.5. The van der Waals surface area contributed by atoms with Crippen molar-refractivity contribution in [1.82, 2.24) is 10.2 Å². The van der Waals surface area contributed by atoms with Crippen LogP contribution in [0.25, 0.3) is 0 Å². The summed E-state index contributed by atoms with van der Waals surface area (Å²) in [5.74, 6) is 1.77. The molecular weight excluding hydrogens is 278 g/mol. The van der Waals surface area contributed by atoms with E-state index in [9.17, 15) is 0 Å². The van der Waals surface area contributed by atoms with Crippen molar-refractivity contribution in [1.29, 1.82) is 0 Å². The number of aliphatic imine (C=N–C) groups is 1. The number of guanidine groups is 1. The molecule has 0 saturated carbocycles. The fraction of sp³-hybridized carbons (Fsp3) is 0.588. The van der Waals surface area contributed by atoms with Gasteiger partial charge in [0.15, 0.2) is 5.96 Å². The first-order valence-electron chi connectivity index (χ1n) is 7.84. The Morgan fingerprint density at radius 3 is 2.59 bits per heavy atom. The standard InChI is InChI=1S/C17H29N3O2/c1-15(2)21-13-8-11-19-17(18-3)20(4)12-14-22-16-9-6-5-7-10-16/h5-7,9-10,15H,8,11-14H2,1-4H3,(H,18,19). The van der Waals surface area contributed by atoms with Gasteiger partial charge >= 0.3 is 0 Å². The van der Waals surface area contributed by atoms with Crippen LogP contribution in [0.4, 0.5) is 0 Å². The Balaban J connectivity index is 2.19. The van der Waals surface area contributed by atoms with E-state index in [1.54, 1.807) is 7.05 Å². The van der Waals surface area contributed by atoms with Crippen molar-refractivity contribution in [3.63, 3.8) is 0 Å². The van der Waals surface area contributed by atoms with Crippen LogP contribution < -0.4 is 10.1 Å². The summed E-state index contributed by atoms with van der Waals surface area (Å²) < 4.78 is 11.2. The van der Waals surface area contributed by atoms with Crippen LogP contribution in [0, 0.1) is 0 Å². The SMILES string of the molecule is CN=C(NCCCOC(C)C)N(C)CCOc1ccccc1. The Labute approximate surface area is 134 Å². The average molecular weight is 307 g/mol. The maximum absolute atomic E-state index is 5.70. The van der Waals surface area contributed by atoms with E-state index in [4.69, 9.17) is 9.47 Å². The van der Waals surface area contributed by atoms with Crippen molar-refractivity contribution < 1.29 is 9.47 Å². The van der Waals surface area contributed by atoms with E-state index in [1.165, 1.54) is 0 Å². The molecule has 1 aromatic rings. The molecule has 0 amide bonds. The average Bonchev–Trinajstić information content (AvgIpc) is 2.51. The summed E-state index contributed by atoms with van der Waals surface area (Å²) in [5.41, 5.74) is 0. The number of rotatable bonds is 9. The zero-order valence-corrected chi connectivity index (χ0v) is 14.2. The molecule has 1 N–H and O–H groups in total. The molecule has 0 saturated heterocycles. The predicted octanol–water partition coefficient (Wildman–Crippen LogP) is 2.39. The molecule has 0 bridgehead atoms. The first-order valence-corrected chi connectivity index (χ1v) is 7.84. The summed E-state index contributed by atoms with van der Waals surface area (Å²) in [6.07, 6.45) is 1.25. The van der Waals surface area contributed by atoms with Crippen molar-refractivity contribution in [3.8, 4) is 5.75 Å². The molecule has 0 aromatic heterocycles. The summed E-state index contributed by atoms with van der Waals surface area (Å²) in [6.45, 7) is 7.11. The van der Waals surface area contributed by atoms with E-state index < -0.39 is 0 Å². The highest BCUT2D eigenvalue weighted by Crippen LogP contribution is 2.07. The minimum absolute atomic E-state index is 0.289. The van der Waals surface area contributed by atoms with Crippen LogP contribution in [-0.2, 0) is 4.74 Å². The van der Waals surface area contributed by atoms with Gasteiger partial charge in [0.1, 0.15) is 12.4 Å². The smallest absolute Gasteiger partial charge is 0.193 e. The van der Waals surface area contributed by atoms with Crippen LogP contribution in [-0.4, -0.2) is 57.4 Å². The fourth-order valence-electron chi connectivity index (χ4n) is 1.90. The molecule has 0 radical (unpaired) electrons. The third-order valence-corrected chi connectivity index (χ3v) is 3.07. The molecule has 0 unspecified atom stereocenters. The largest absolute Gasteiger partial charge is 0.492 e.